The Morgan fingerprint density at radius 1 is 1.21 bits per heavy atom. The SMILES string of the molecule is N=C(N)c1ccc2ccc(OC(=O)C(F)(F)F)cc2c1NC(=O)O. The van der Waals surface area contributed by atoms with Crippen molar-refractivity contribution in [3.8, 4) is 5.75 Å². The summed E-state index contributed by atoms with van der Waals surface area (Å²) < 4.78 is 41.0. The molecule has 0 atom stereocenters. The van der Waals surface area contributed by atoms with Crippen LogP contribution in [0, 0.1) is 5.41 Å². The van der Waals surface area contributed by atoms with E-state index in [4.69, 9.17) is 16.2 Å². The first-order valence-electron chi connectivity index (χ1n) is 6.29. The lowest BCUT2D eigenvalue weighted by Crippen LogP contribution is -2.27. The van der Waals surface area contributed by atoms with E-state index in [2.05, 4.69) is 4.74 Å². The van der Waals surface area contributed by atoms with Crippen LogP contribution in [0.5, 0.6) is 5.75 Å². The van der Waals surface area contributed by atoms with E-state index in [1.165, 1.54) is 18.2 Å². The van der Waals surface area contributed by atoms with E-state index in [-0.39, 0.29) is 16.6 Å². The summed E-state index contributed by atoms with van der Waals surface area (Å²) in [7, 11) is 0. The van der Waals surface area contributed by atoms with Crippen LogP contribution in [0.15, 0.2) is 30.3 Å². The van der Waals surface area contributed by atoms with Crippen molar-refractivity contribution in [3.63, 3.8) is 0 Å². The molecule has 0 fully saturated rings. The van der Waals surface area contributed by atoms with Gasteiger partial charge in [0.25, 0.3) is 0 Å². The van der Waals surface area contributed by atoms with Crippen molar-refractivity contribution in [2.24, 2.45) is 5.73 Å². The fourth-order valence-corrected chi connectivity index (χ4v) is 1.99. The molecule has 0 aromatic heterocycles. The third kappa shape index (κ3) is 3.54. The van der Waals surface area contributed by atoms with Gasteiger partial charge < -0.3 is 15.6 Å². The van der Waals surface area contributed by atoms with E-state index in [1.807, 2.05) is 5.32 Å². The maximum atomic E-state index is 12.3. The first-order valence-corrected chi connectivity index (χ1v) is 6.29. The van der Waals surface area contributed by atoms with Gasteiger partial charge in [0.15, 0.2) is 0 Å². The number of nitrogens with one attached hydrogen (secondary N) is 2. The number of benzene rings is 2. The topological polar surface area (TPSA) is 126 Å². The molecule has 0 radical (unpaired) electrons. The Morgan fingerprint density at radius 2 is 1.83 bits per heavy atom. The molecule has 0 aliphatic carbocycles. The zero-order valence-electron chi connectivity index (χ0n) is 11.8. The molecule has 0 bridgehead atoms. The average molecular weight is 341 g/mol. The Bertz CT molecular complexity index is 849. The number of nitrogen functional groups attached to an aromatic ring is 1. The van der Waals surface area contributed by atoms with Gasteiger partial charge in [-0.25, -0.2) is 9.59 Å². The summed E-state index contributed by atoms with van der Waals surface area (Å²) in [6.07, 6.45) is -6.62. The molecular formula is C14H10F3N3O4. The average Bonchev–Trinajstić information content (AvgIpc) is 2.45. The fourth-order valence-electron chi connectivity index (χ4n) is 1.99. The summed E-state index contributed by atoms with van der Waals surface area (Å²) in [5.41, 5.74) is 5.31. The molecule has 1 amide bonds. The molecule has 0 aliphatic heterocycles. The minimum Gasteiger partial charge on any atom is -0.465 e. The molecule has 0 heterocycles. The quantitative estimate of drug-likeness (QED) is 0.296. The van der Waals surface area contributed by atoms with Gasteiger partial charge in [-0.1, -0.05) is 12.1 Å². The predicted octanol–water partition coefficient (Wildman–Crippen LogP) is 2.68. The van der Waals surface area contributed by atoms with E-state index < -0.39 is 29.8 Å². The number of fused-ring (bicyclic) bond motifs is 1. The van der Waals surface area contributed by atoms with Crippen LogP contribution in [0.25, 0.3) is 10.8 Å². The van der Waals surface area contributed by atoms with E-state index in [0.29, 0.717) is 5.39 Å². The van der Waals surface area contributed by atoms with Crippen molar-refractivity contribution in [3.05, 3.63) is 35.9 Å². The standard InChI is InChI=1S/C14H10F3N3O4/c15-14(16,17)12(21)24-7-3-1-6-2-4-8(11(18)19)10(9(6)5-7)20-13(22)23/h1-5,20H,(H3,18,19)(H,22,23). The molecule has 2 aromatic carbocycles. The molecule has 126 valence electrons. The van der Waals surface area contributed by atoms with Crippen molar-refractivity contribution in [1.82, 2.24) is 0 Å². The summed E-state index contributed by atoms with van der Waals surface area (Å²) in [6, 6.07) is 6.40. The van der Waals surface area contributed by atoms with E-state index in [1.54, 1.807) is 0 Å². The maximum Gasteiger partial charge on any atom is 0.491 e. The molecule has 0 spiro atoms. The van der Waals surface area contributed by atoms with Crippen LogP contribution in [0.4, 0.5) is 23.7 Å². The number of ether oxygens (including phenoxy) is 1. The fraction of sp³-hybridized carbons (Fsp3) is 0.0714. The molecule has 0 aliphatic rings. The summed E-state index contributed by atoms with van der Waals surface area (Å²) in [5, 5.41) is 19.0. The highest BCUT2D eigenvalue weighted by atomic mass is 19.4. The molecule has 2 rings (SSSR count). The van der Waals surface area contributed by atoms with E-state index in [0.717, 1.165) is 12.1 Å². The largest absolute Gasteiger partial charge is 0.491 e. The summed E-state index contributed by atoms with van der Waals surface area (Å²) in [4.78, 5) is 21.8. The minimum atomic E-state index is -5.17. The van der Waals surface area contributed by atoms with Crippen molar-refractivity contribution in [1.29, 1.82) is 5.41 Å². The van der Waals surface area contributed by atoms with E-state index >= 15 is 0 Å². The zero-order valence-corrected chi connectivity index (χ0v) is 11.8. The predicted molar refractivity (Wildman–Crippen MR) is 78.3 cm³/mol. The van der Waals surface area contributed by atoms with Gasteiger partial charge in [0.1, 0.15) is 11.6 Å². The summed E-state index contributed by atoms with van der Waals surface area (Å²) >= 11 is 0. The van der Waals surface area contributed by atoms with Crippen molar-refractivity contribution >= 4 is 34.4 Å². The molecule has 2 aromatic rings. The lowest BCUT2D eigenvalue weighted by Gasteiger charge is -2.13. The highest BCUT2D eigenvalue weighted by molar-refractivity contribution is 6.12. The van der Waals surface area contributed by atoms with Crippen LogP contribution in [0.3, 0.4) is 0 Å². The maximum absolute atomic E-state index is 12.3. The van der Waals surface area contributed by atoms with Crippen LogP contribution in [0.2, 0.25) is 0 Å². The van der Waals surface area contributed by atoms with Gasteiger partial charge in [-0.05, 0) is 23.6 Å². The number of carboxylic acid groups (broad SMARTS) is 1. The van der Waals surface area contributed by atoms with Gasteiger partial charge in [-0.15, -0.1) is 0 Å². The Hall–Kier alpha value is -3.30. The molecule has 0 saturated heterocycles. The van der Waals surface area contributed by atoms with E-state index in [9.17, 15) is 22.8 Å². The number of alkyl halides is 3. The van der Waals surface area contributed by atoms with Crippen molar-refractivity contribution in [2.75, 3.05) is 5.32 Å². The van der Waals surface area contributed by atoms with Gasteiger partial charge in [0.05, 0.1) is 5.69 Å². The number of halogens is 3. The van der Waals surface area contributed by atoms with Crippen LogP contribution in [-0.4, -0.2) is 29.2 Å². The number of hydrogen-bond acceptors (Lipinski definition) is 4. The molecule has 10 heteroatoms. The van der Waals surface area contributed by atoms with Gasteiger partial charge in [-0.2, -0.15) is 13.2 Å². The lowest BCUT2D eigenvalue weighted by molar-refractivity contribution is -0.189. The normalized spacial score (nSPS) is 11.1. The van der Waals surface area contributed by atoms with Crippen molar-refractivity contribution < 1.29 is 32.6 Å². The second-order valence-electron chi connectivity index (χ2n) is 4.60. The third-order valence-corrected chi connectivity index (χ3v) is 2.96. The van der Waals surface area contributed by atoms with Crippen molar-refractivity contribution in [2.45, 2.75) is 6.18 Å². The number of carbonyl (C=O) groups is 2. The summed E-state index contributed by atoms with van der Waals surface area (Å²) in [5.74, 6) is -3.28. The summed E-state index contributed by atoms with van der Waals surface area (Å²) in [6.45, 7) is 0. The van der Waals surface area contributed by atoms with Gasteiger partial charge in [0, 0.05) is 10.9 Å². The number of amidine groups is 1. The zero-order chi connectivity index (χ0) is 18.1. The molecule has 0 saturated carbocycles. The monoisotopic (exact) mass is 341 g/mol. The second kappa shape index (κ2) is 6.07. The highest BCUT2D eigenvalue weighted by Crippen LogP contribution is 2.31. The molecule has 24 heavy (non-hydrogen) atoms. The number of rotatable bonds is 3. The third-order valence-electron chi connectivity index (χ3n) is 2.96. The minimum absolute atomic E-state index is 0.0317. The van der Waals surface area contributed by atoms with Crippen LogP contribution < -0.4 is 15.8 Å². The van der Waals surface area contributed by atoms with Gasteiger partial charge in [0.2, 0.25) is 0 Å². The number of amides is 1. The van der Waals surface area contributed by atoms with Crippen LogP contribution >= 0.6 is 0 Å². The van der Waals surface area contributed by atoms with Gasteiger partial charge >= 0.3 is 18.2 Å². The first kappa shape index (κ1) is 17.1. The number of carbonyl (C=O) groups excluding carboxylic acids is 1. The highest BCUT2D eigenvalue weighted by Gasteiger charge is 2.41. The molecule has 5 N–H and O–H groups in total. The molecule has 7 nitrogen and oxygen atoms in total. The van der Waals surface area contributed by atoms with Gasteiger partial charge in [-0.3, -0.25) is 10.7 Å². The Kier molecular flexibility index (Phi) is 4.31. The van der Waals surface area contributed by atoms with Crippen LogP contribution in [-0.2, 0) is 4.79 Å². The molecular weight excluding hydrogens is 331 g/mol. The number of nitrogens with two attached hydrogens (primary N) is 1. The number of hydrogen-bond donors (Lipinski definition) is 4. The second-order valence-corrected chi connectivity index (χ2v) is 4.60. The Morgan fingerprint density at radius 3 is 2.38 bits per heavy atom. The lowest BCUT2D eigenvalue weighted by atomic mass is 10.0. The smallest absolute Gasteiger partial charge is 0.465 e. The van der Waals surface area contributed by atoms with Crippen LogP contribution in [0.1, 0.15) is 5.56 Å². The Labute approximate surface area is 132 Å². The number of esters is 1. The Balaban J connectivity index is 2.58. The first-order chi connectivity index (χ1) is 11.1. The molecule has 0 unspecified atom stereocenters. The number of anilines is 1.